The first-order chi connectivity index (χ1) is 17.5. The van der Waals surface area contributed by atoms with Gasteiger partial charge in [-0.2, -0.15) is 0 Å². The highest BCUT2D eigenvalue weighted by molar-refractivity contribution is 6.00. The van der Waals surface area contributed by atoms with Crippen molar-refractivity contribution in [2.24, 2.45) is 0 Å². The molecule has 9 heteroatoms. The van der Waals surface area contributed by atoms with E-state index >= 15 is 0 Å². The molecule has 0 saturated carbocycles. The highest BCUT2D eigenvalue weighted by Crippen LogP contribution is 2.22. The average Bonchev–Trinajstić information content (AvgIpc) is 3.26. The summed E-state index contributed by atoms with van der Waals surface area (Å²) in [6.45, 7) is 5.26. The number of carbonyl (C=O) groups is 2. The van der Waals surface area contributed by atoms with Crippen LogP contribution in [-0.4, -0.2) is 69.6 Å². The Hall–Kier alpha value is -4.24. The lowest BCUT2D eigenvalue weighted by Gasteiger charge is -2.34. The molecule has 0 aliphatic carbocycles. The predicted octanol–water partition coefficient (Wildman–Crippen LogP) is 3.87. The van der Waals surface area contributed by atoms with E-state index in [9.17, 15) is 9.59 Å². The molecule has 0 unspecified atom stereocenters. The van der Waals surface area contributed by atoms with Crippen LogP contribution in [-0.2, 0) is 11.3 Å². The lowest BCUT2D eigenvalue weighted by Crippen LogP contribution is -2.49. The van der Waals surface area contributed by atoms with Crippen LogP contribution in [0.25, 0.3) is 16.9 Å². The fourth-order valence-corrected chi connectivity index (χ4v) is 4.49. The zero-order chi connectivity index (χ0) is 25.1. The van der Waals surface area contributed by atoms with Crippen LogP contribution in [0, 0.1) is 6.92 Å². The maximum atomic E-state index is 12.9. The topological polar surface area (TPSA) is 92.6 Å². The molecule has 9 nitrogen and oxygen atoms in total. The van der Waals surface area contributed by atoms with Crippen LogP contribution in [0.15, 0.2) is 66.9 Å². The van der Waals surface area contributed by atoms with Gasteiger partial charge in [-0.25, -0.2) is 19.6 Å². The molecule has 1 saturated heterocycles. The van der Waals surface area contributed by atoms with E-state index in [4.69, 9.17) is 9.72 Å². The second kappa shape index (κ2) is 10.2. The molecule has 0 radical (unpaired) electrons. The number of nitrogens with one attached hydrogen (secondary N) is 1. The van der Waals surface area contributed by atoms with Crippen LogP contribution in [0.1, 0.15) is 21.7 Å². The van der Waals surface area contributed by atoms with Crippen molar-refractivity contribution in [2.75, 3.05) is 38.6 Å². The number of imidazole rings is 1. The SMILES string of the molecule is COC(=O)c1ccccc1NC(=O)N1CCN(Cc2nc3cccnc3n2-c2cccc(C)c2)CC1. The van der Waals surface area contributed by atoms with Crippen molar-refractivity contribution in [1.29, 1.82) is 0 Å². The third-order valence-electron chi connectivity index (χ3n) is 6.34. The van der Waals surface area contributed by atoms with Crippen molar-refractivity contribution < 1.29 is 14.3 Å². The maximum Gasteiger partial charge on any atom is 0.339 e. The minimum absolute atomic E-state index is 0.234. The number of urea groups is 1. The van der Waals surface area contributed by atoms with Crippen molar-refractivity contribution in [3.05, 3.63) is 83.8 Å². The molecule has 5 rings (SSSR count). The number of pyridine rings is 1. The Labute approximate surface area is 209 Å². The van der Waals surface area contributed by atoms with Crippen LogP contribution in [0.2, 0.25) is 0 Å². The van der Waals surface area contributed by atoms with Gasteiger partial charge in [-0.15, -0.1) is 0 Å². The van der Waals surface area contributed by atoms with Gasteiger partial charge in [0.1, 0.15) is 11.3 Å². The van der Waals surface area contributed by atoms with Crippen molar-refractivity contribution >= 4 is 28.9 Å². The van der Waals surface area contributed by atoms with Gasteiger partial charge in [-0.1, -0.05) is 24.3 Å². The van der Waals surface area contributed by atoms with E-state index in [0.29, 0.717) is 44.0 Å². The van der Waals surface area contributed by atoms with E-state index in [2.05, 4.69) is 44.9 Å². The van der Waals surface area contributed by atoms with Crippen LogP contribution < -0.4 is 5.32 Å². The molecule has 1 N–H and O–H groups in total. The number of amides is 2. The summed E-state index contributed by atoms with van der Waals surface area (Å²) in [7, 11) is 1.32. The summed E-state index contributed by atoms with van der Waals surface area (Å²) in [6.07, 6.45) is 1.79. The number of para-hydroxylation sites is 1. The molecule has 0 spiro atoms. The van der Waals surface area contributed by atoms with E-state index in [0.717, 1.165) is 22.7 Å². The Balaban J connectivity index is 1.28. The van der Waals surface area contributed by atoms with Crippen molar-refractivity contribution in [1.82, 2.24) is 24.3 Å². The quantitative estimate of drug-likeness (QED) is 0.433. The fraction of sp³-hybridized carbons (Fsp3) is 0.259. The largest absolute Gasteiger partial charge is 0.465 e. The lowest BCUT2D eigenvalue weighted by molar-refractivity contribution is 0.0602. The van der Waals surface area contributed by atoms with E-state index in [-0.39, 0.29) is 6.03 Å². The number of hydrogen-bond acceptors (Lipinski definition) is 6. The zero-order valence-corrected chi connectivity index (χ0v) is 20.3. The summed E-state index contributed by atoms with van der Waals surface area (Å²) < 4.78 is 6.94. The maximum absolute atomic E-state index is 12.9. The van der Waals surface area contributed by atoms with Gasteiger partial charge in [0.25, 0.3) is 0 Å². The standard InChI is InChI=1S/C27H28N6O3/c1-19-7-5-8-20(17-19)33-24(29-23-11-6-12-28-25(23)33)18-31-13-15-32(16-14-31)27(35)30-22-10-4-3-9-21(22)26(34)36-2/h3-12,17H,13-16,18H2,1-2H3,(H,30,35). The van der Waals surface area contributed by atoms with Gasteiger partial charge in [0.05, 0.1) is 24.9 Å². The Morgan fingerprint density at radius 3 is 2.58 bits per heavy atom. The van der Waals surface area contributed by atoms with Gasteiger partial charge in [-0.3, -0.25) is 9.47 Å². The molecule has 2 aromatic carbocycles. The van der Waals surface area contributed by atoms with E-state index in [1.165, 1.54) is 12.7 Å². The third-order valence-corrected chi connectivity index (χ3v) is 6.34. The number of aryl methyl sites for hydroxylation is 1. The molecule has 1 aliphatic heterocycles. The fourth-order valence-electron chi connectivity index (χ4n) is 4.49. The number of carbonyl (C=O) groups excluding carboxylic acids is 2. The Kier molecular flexibility index (Phi) is 6.64. The molecule has 0 atom stereocenters. The van der Waals surface area contributed by atoms with Gasteiger partial charge in [0.2, 0.25) is 0 Å². The molecule has 1 fully saturated rings. The number of nitrogens with zero attached hydrogens (tertiary/aromatic N) is 5. The number of rotatable bonds is 5. The molecule has 4 aromatic rings. The normalized spacial score (nSPS) is 14.1. The summed E-state index contributed by atoms with van der Waals surface area (Å²) in [6, 6.07) is 18.8. The number of methoxy groups -OCH3 is 1. The third kappa shape index (κ3) is 4.78. The lowest BCUT2D eigenvalue weighted by atomic mass is 10.2. The Morgan fingerprint density at radius 1 is 1.00 bits per heavy atom. The number of piperazine rings is 1. The van der Waals surface area contributed by atoms with Crippen LogP contribution in [0.4, 0.5) is 10.5 Å². The number of aromatic nitrogens is 3. The average molecular weight is 485 g/mol. The molecule has 0 bridgehead atoms. The monoisotopic (exact) mass is 484 g/mol. The second-order valence-electron chi connectivity index (χ2n) is 8.78. The van der Waals surface area contributed by atoms with Crippen molar-refractivity contribution in [3.8, 4) is 5.69 Å². The first-order valence-electron chi connectivity index (χ1n) is 11.9. The highest BCUT2D eigenvalue weighted by atomic mass is 16.5. The summed E-state index contributed by atoms with van der Waals surface area (Å²) in [5, 5.41) is 2.86. The minimum Gasteiger partial charge on any atom is -0.465 e. The van der Waals surface area contributed by atoms with Crippen LogP contribution in [0.3, 0.4) is 0 Å². The first kappa shape index (κ1) is 23.5. The number of fused-ring (bicyclic) bond motifs is 1. The molecular formula is C27H28N6O3. The van der Waals surface area contributed by atoms with Gasteiger partial charge >= 0.3 is 12.0 Å². The first-order valence-corrected chi connectivity index (χ1v) is 11.9. The zero-order valence-electron chi connectivity index (χ0n) is 20.3. The van der Waals surface area contributed by atoms with Crippen molar-refractivity contribution in [2.45, 2.75) is 13.5 Å². The van der Waals surface area contributed by atoms with Gasteiger partial charge in [0.15, 0.2) is 5.65 Å². The van der Waals surface area contributed by atoms with Crippen molar-refractivity contribution in [3.63, 3.8) is 0 Å². The Bertz CT molecular complexity index is 1410. The number of ether oxygens (including phenoxy) is 1. The molecule has 2 amide bonds. The summed E-state index contributed by atoms with van der Waals surface area (Å²) in [5.41, 5.74) is 4.67. The van der Waals surface area contributed by atoms with E-state index in [1.807, 2.05) is 18.2 Å². The summed E-state index contributed by atoms with van der Waals surface area (Å²) in [5.74, 6) is 0.431. The molecule has 184 valence electrons. The molecular weight excluding hydrogens is 456 g/mol. The van der Waals surface area contributed by atoms with E-state index < -0.39 is 5.97 Å². The molecule has 3 heterocycles. The number of hydrogen-bond donors (Lipinski definition) is 1. The van der Waals surface area contributed by atoms with Gasteiger partial charge in [0, 0.05) is 38.1 Å². The summed E-state index contributed by atoms with van der Waals surface area (Å²) >= 11 is 0. The smallest absolute Gasteiger partial charge is 0.339 e. The Morgan fingerprint density at radius 2 is 1.81 bits per heavy atom. The van der Waals surface area contributed by atoms with Gasteiger partial charge < -0.3 is 15.0 Å². The highest BCUT2D eigenvalue weighted by Gasteiger charge is 2.24. The molecule has 1 aliphatic rings. The van der Waals surface area contributed by atoms with Crippen LogP contribution in [0.5, 0.6) is 0 Å². The van der Waals surface area contributed by atoms with Gasteiger partial charge in [-0.05, 0) is 48.9 Å². The number of esters is 1. The molecule has 2 aromatic heterocycles. The number of benzene rings is 2. The van der Waals surface area contributed by atoms with Crippen LogP contribution >= 0.6 is 0 Å². The number of anilines is 1. The predicted molar refractivity (Wildman–Crippen MR) is 137 cm³/mol. The molecule has 36 heavy (non-hydrogen) atoms. The van der Waals surface area contributed by atoms with E-state index in [1.54, 1.807) is 35.4 Å². The minimum atomic E-state index is -0.485. The second-order valence-corrected chi connectivity index (χ2v) is 8.78. The summed E-state index contributed by atoms with van der Waals surface area (Å²) in [4.78, 5) is 38.4.